The highest BCUT2D eigenvalue weighted by Gasteiger charge is 2.40. The number of nitrogens with zero attached hydrogens (tertiary/aromatic N) is 2. The Kier molecular flexibility index (Phi) is 4.66. The fraction of sp³-hybridized carbons (Fsp3) is 0.278. The SMILES string of the molecule is O=S(=O)(c1ccc(-c2cc(C(F)(F)F)[nH]n2)o1)N(Cc1cccc(O)c1)C1CC1. The van der Waals surface area contributed by atoms with E-state index in [9.17, 15) is 26.7 Å². The van der Waals surface area contributed by atoms with Crippen molar-refractivity contribution < 1.29 is 31.1 Å². The number of phenols is 1. The zero-order chi connectivity index (χ0) is 20.8. The molecule has 0 radical (unpaired) electrons. The van der Waals surface area contributed by atoms with Gasteiger partial charge in [-0.2, -0.15) is 22.6 Å². The van der Waals surface area contributed by atoms with Gasteiger partial charge in [-0.25, -0.2) is 8.42 Å². The van der Waals surface area contributed by atoms with Crippen molar-refractivity contribution in [2.75, 3.05) is 0 Å². The van der Waals surface area contributed by atoms with Crippen LogP contribution in [0.5, 0.6) is 5.75 Å². The number of hydrogen-bond donors (Lipinski definition) is 2. The molecule has 154 valence electrons. The molecule has 0 saturated heterocycles. The van der Waals surface area contributed by atoms with E-state index >= 15 is 0 Å². The molecule has 1 saturated carbocycles. The summed E-state index contributed by atoms with van der Waals surface area (Å²) in [5, 5.41) is 14.6. The van der Waals surface area contributed by atoms with Crippen LogP contribution in [-0.2, 0) is 22.7 Å². The lowest BCUT2D eigenvalue weighted by Crippen LogP contribution is -2.32. The van der Waals surface area contributed by atoms with Crippen LogP contribution in [0, 0.1) is 0 Å². The minimum Gasteiger partial charge on any atom is -0.508 e. The summed E-state index contributed by atoms with van der Waals surface area (Å²) in [6.07, 6.45) is -3.21. The average molecular weight is 427 g/mol. The Morgan fingerprint density at radius 2 is 1.97 bits per heavy atom. The maximum Gasteiger partial charge on any atom is 0.432 e. The summed E-state index contributed by atoms with van der Waals surface area (Å²) in [6.45, 7) is 0.0397. The number of sulfonamides is 1. The molecule has 11 heteroatoms. The lowest BCUT2D eigenvalue weighted by molar-refractivity contribution is -0.141. The molecule has 1 aliphatic rings. The maximum absolute atomic E-state index is 13.1. The Morgan fingerprint density at radius 1 is 1.21 bits per heavy atom. The topological polar surface area (TPSA) is 99.4 Å². The Labute approximate surface area is 163 Å². The van der Waals surface area contributed by atoms with Crippen LogP contribution in [0.1, 0.15) is 24.1 Å². The summed E-state index contributed by atoms with van der Waals surface area (Å²) in [4.78, 5) is 0. The molecular weight excluding hydrogens is 411 g/mol. The largest absolute Gasteiger partial charge is 0.508 e. The molecule has 1 fully saturated rings. The van der Waals surface area contributed by atoms with E-state index in [1.807, 2.05) is 5.10 Å². The van der Waals surface area contributed by atoms with Gasteiger partial charge in [0.15, 0.2) is 5.76 Å². The van der Waals surface area contributed by atoms with Crippen LogP contribution in [0.2, 0.25) is 0 Å². The van der Waals surface area contributed by atoms with E-state index in [1.165, 1.54) is 28.6 Å². The number of benzene rings is 1. The summed E-state index contributed by atoms with van der Waals surface area (Å²) >= 11 is 0. The van der Waals surface area contributed by atoms with E-state index in [0.717, 1.165) is 6.07 Å². The molecule has 4 rings (SSSR count). The molecule has 2 N–H and O–H groups in total. The van der Waals surface area contributed by atoms with E-state index in [0.29, 0.717) is 18.4 Å². The van der Waals surface area contributed by atoms with Crippen LogP contribution >= 0.6 is 0 Å². The molecule has 0 bridgehead atoms. The average Bonchev–Trinajstić information content (AvgIpc) is 3.14. The predicted octanol–water partition coefficient (Wildman–Crippen LogP) is 3.75. The quantitative estimate of drug-likeness (QED) is 0.624. The fourth-order valence-electron chi connectivity index (χ4n) is 2.91. The number of halogens is 3. The highest BCUT2D eigenvalue weighted by atomic mass is 32.2. The molecule has 1 aliphatic carbocycles. The molecule has 3 aromatic rings. The van der Waals surface area contributed by atoms with E-state index in [4.69, 9.17) is 4.42 Å². The van der Waals surface area contributed by atoms with Gasteiger partial charge in [0.2, 0.25) is 5.09 Å². The fourth-order valence-corrected chi connectivity index (χ4v) is 4.50. The standard InChI is InChI=1S/C18H16F3N3O4S/c19-18(20,21)16-9-14(22-23-16)15-6-7-17(28-15)29(26,27)24(12-4-5-12)10-11-2-1-3-13(25)8-11/h1-3,6-9,12,25H,4-5,10H2,(H,22,23). The van der Waals surface area contributed by atoms with Crippen molar-refractivity contribution in [3.63, 3.8) is 0 Å². The van der Waals surface area contributed by atoms with Crippen LogP contribution in [-0.4, -0.2) is 34.1 Å². The summed E-state index contributed by atoms with van der Waals surface area (Å²) in [5.74, 6) is -0.0710. The van der Waals surface area contributed by atoms with Crippen molar-refractivity contribution in [3.8, 4) is 17.2 Å². The summed E-state index contributed by atoms with van der Waals surface area (Å²) in [5.41, 5.74) is -0.601. The smallest absolute Gasteiger partial charge is 0.432 e. The molecule has 2 heterocycles. The lowest BCUT2D eigenvalue weighted by Gasteiger charge is -2.20. The van der Waals surface area contributed by atoms with Crippen LogP contribution in [0.25, 0.3) is 11.5 Å². The molecular formula is C18H16F3N3O4S. The van der Waals surface area contributed by atoms with Gasteiger partial charge in [-0.1, -0.05) is 12.1 Å². The number of phenolic OH excluding ortho intramolecular Hbond substituents is 1. The van der Waals surface area contributed by atoms with Crippen molar-refractivity contribution >= 4 is 10.0 Å². The van der Waals surface area contributed by atoms with Gasteiger partial charge in [0.25, 0.3) is 10.0 Å². The van der Waals surface area contributed by atoms with Gasteiger partial charge < -0.3 is 9.52 Å². The van der Waals surface area contributed by atoms with E-state index in [-0.39, 0.29) is 34.9 Å². The van der Waals surface area contributed by atoms with E-state index < -0.39 is 21.9 Å². The zero-order valence-corrected chi connectivity index (χ0v) is 15.7. The summed E-state index contributed by atoms with van der Waals surface area (Å²) in [7, 11) is -4.03. The van der Waals surface area contributed by atoms with Gasteiger partial charge in [0.1, 0.15) is 17.1 Å². The third-order valence-corrected chi connectivity index (χ3v) is 6.26. The van der Waals surface area contributed by atoms with Gasteiger partial charge in [-0.3, -0.25) is 5.10 Å². The molecule has 0 aliphatic heterocycles. The highest BCUT2D eigenvalue weighted by molar-refractivity contribution is 7.89. The number of rotatable bonds is 6. The maximum atomic E-state index is 13.1. The van der Waals surface area contributed by atoms with Gasteiger partial charge in [0, 0.05) is 12.6 Å². The molecule has 7 nitrogen and oxygen atoms in total. The van der Waals surface area contributed by atoms with E-state index in [2.05, 4.69) is 5.10 Å². The minimum absolute atomic E-state index is 0.0231. The molecule has 1 aromatic carbocycles. The van der Waals surface area contributed by atoms with Crippen molar-refractivity contribution in [2.24, 2.45) is 0 Å². The molecule has 2 aromatic heterocycles. The van der Waals surface area contributed by atoms with Crippen molar-refractivity contribution in [3.05, 3.63) is 53.7 Å². The first-order valence-electron chi connectivity index (χ1n) is 8.67. The number of aromatic hydroxyl groups is 1. The molecule has 29 heavy (non-hydrogen) atoms. The number of furan rings is 1. The van der Waals surface area contributed by atoms with Crippen LogP contribution in [0.15, 0.2) is 52.0 Å². The van der Waals surface area contributed by atoms with Crippen LogP contribution < -0.4 is 0 Å². The minimum atomic E-state index is -4.60. The van der Waals surface area contributed by atoms with Gasteiger partial charge in [0.05, 0.1) is 0 Å². The number of H-pyrrole nitrogens is 1. The van der Waals surface area contributed by atoms with Gasteiger partial charge in [-0.15, -0.1) is 0 Å². The Morgan fingerprint density at radius 3 is 2.59 bits per heavy atom. The van der Waals surface area contributed by atoms with E-state index in [1.54, 1.807) is 12.1 Å². The Bertz CT molecular complexity index is 1130. The first-order chi connectivity index (χ1) is 13.6. The number of hydrogen-bond acceptors (Lipinski definition) is 5. The Balaban J connectivity index is 1.62. The summed E-state index contributed by atoms with van der Waals surface area (Å²) < 4.78 is 71.0. The number of alkyl halides is 3. The molecule has 0 atom stereocenters. The van der Waals surface area contributed by atoms with Crippen LogP contribution in [0.4, 0.5) is 13.2 Å². The highest BCUT2D eigenvalue weighted by Crippen LogP contribution is 2.36. The second kappa shape index (κ2) is 6.92. The van der Waals surface area contributed by atoms with Crippen LogP contribution in [0.3, 0.4) is 0 Å². The van der Waals surface area contributed by atoms with Crippen molar-refractivity contribution in [2.45, 2.75) is 36.7 Å². The second-order valence-electron chi connectivity index (χ2n) is 6.73. The molecule has 0 unspecified atom stereocenters. The normalized spacial score (nSPS) is 15.2. The first-order valence-corrected chi connectivity index (χ1v) is 10.1. The lowest BCUT2D eigenvalue weighted by atomic mass is 10.2. The Hall–Kier alpha value is -2.79. The van der Waals surface area contributed by atoms with Gasteiger partial charge >= 0.3 is 6.18 Å². The number of nitrogens with one attached hydrogen (secondary N) is 1. The number of aromatic amines is 1. The zero-order valence-electron chi connectivity index (χ0n) is 14.8. The monoisotopic (exact) mass is 427 g/mol. The summed E-state index contributed by atoms with van der Waals surface area (Å²) in [6, 6.07) is 9.29. The third-order valence-electron chi connectivity index (χ3n) is 4.48. The van der Waals surface area contributed by atoms with Gasteiger partial charge in [-0.05, 0) is 48.7 Å². The molecule has 0 spiro atoms. The first kappa shape index (κ1) is 19.5. The van der Waals surface area contributed by atoms with Crippen molar-refractivity contribution in [1.29, 1.82) is 0 Å². The molecule has 0 amide bonds. The van der Waals surface area contributed by atoms with Crippen molar-refractivity contribution in [1.82, 2.24) is 14.5 Å². The third kappa shape index (κ3) is 4.01. The predicted molar refractivity (Wildman–Crippen MR) is 95.1 cm³/mol. The second-order valence-corrected chi connectivity index (χ2v) is 8.56. The number of aromatic nitrogens is 2.